The number of rotatable bonds is 4. The first kappa shape index (κ1) is 17.9. The van der Waals surface area contributed by atoms with Gasteiger partial charge >= 0.3 is 6.18 Å². The van der Waals surface area contributed by atoms with Crippen LogP contribution < -0.4 is 11.1 Å². The fourth-order valence-electron chi connectivity index (χ4n) is 2.97. The van der Waals surface area contributed by atoms with Crippen molar-refractivity contribution in [1.29, 1.82) is 0 Å². The molecule has 1 fully saturated rings. The van der Waals surface area contributed by atoms with Crippen molar-refractivity contribution in [3.05, 3.63) is 46.5 Å². The molecule has 3 rings (SSSR count). The number of anilines is 1. The van der Waals surface area contributed by atoms with Crippen molar-refractivity contribution in [3.63, 3.8) is 0 Å². The van der Waals surface area contributed by atoms with Gasteiger partial charge in [-0.25, -0.2) is 4.98 Å². The second-order valence-electron chi connectivity index (χ2n) is 6.19. The van der Waals surface area contributed by atoms with Crippen LogP contribution in [0.3, 0.4) is 0 Å². The van der Waals surface area contributed by atoms with Crippen LogP contribution in [0.25, 0.3) is 0 Å². The van der Waals surface area contributed by atoms with E-state index in [9.17, 15) is 18.0 Å². The van der Waals surface area contributed by atoms with Gasteiger partial charge in [0.1, 0.15) is 0 Å². The van der Waals surface area contributed by atoms with E-state index >= 15 is 0 Å². The van der Waals surface area contributed by atoms with Gasteiger partial charge < -0.3 is 11.1 Å². The van der Waals surface area contributed by atoms with Crippen molar-refractivity contribution >= 4 is 22.4 Å². The number of nitrogens with zero attached hydrogens (tertiary/aromatic N) is 1. The minimum Gasteiger partial charge on any atom is -0.327 e. The average Bonchev–Trinajstić information content (AvgIpc) is 3.16. The van der Waals surface area contributed by atoms with Crippen LogP contribution in [0.1, 0.15) is 35.3 Å². The normalized spacial score (nSPS) is 20.6. The van der Waals surface area contributed by atoms with Gasteiger partial charge in [0.2, 0.25) is 5.91 Å². The van der Waals surface area contributed by atoms with Gasteiger partial charge in [0.25, 0.3) is 0 Å². The predicted molar refractivity (Wildman–Crippen MR) is 90.3 cm³/mol. The summed E-state index contributed by atoms with van der Waals surface area (Å²) in [6, 6.07) is 4.95. The largest absolute Gasteiger partial charge is 0.416 e. The molecule has 1 aromatic heterocycles. The van der Waals surface area contributed by atoms with Crippen LogP contribution in [0.4, 0.5) is 18.3 Å². The lowest BCUT2D eigenvalue weighted by molar-refractivity contribution is -0.137. The Balaban J connectivity index is 1.61. The van der Waals surface area contributed by atoms with Crippen LogP contribution in [-0.4, -0.2) is 16.9 Å². The van der Waals surface area contributed by atoms with Crippen molar-refractivity contribution in [3.8, 4) is 0 Å². The van der Waals surface area contributed by atoms with E-state index in [2.05, 4.69) is 10.3 Å². The molecule has 2 atom stereocenters. The molecule has 3 N–H and O–H groups in total. The van der Waals surface area contributed by atoms with E-state index in [-0.39, 0.29) is 17.9 Å². The third-order valence-electron chi connectivity index (χ3n) is 4.35. The monoisotopic (exact) mass is 369 g/mol. The highest BCUT2D eigenvalue weighted by atomic mass is 32.1. The summed E-state index contributed by atoms with van der Waals surface area (Å²) in [5.74, 6) is -0.289. The van der Waals surface area contributed by atoms with E-state index in [0.717, 1.165) is 41.8 Å². The zero-order valence-corrected chi connectivity index (χ0v) is 14.2. The smallest absolute Gasteiger partial charge is 0.327 e. The van der Waals surface area contributed by atoms with Crippen LogP contribution in [0, 0.1) is 5.92 Å². The van der Waals surface area contributed by atoms with Gasteiger partial charge in [0.05, 0.1) is 11.5 Å². The number of amides is 1. The van der Waals surface area contributed by atoms with Crippen molar-refractivity contribution in [2.75, 3.05) is 5.32 Å². The number of halogens is 3. The molecule has 1 aliphatic rings. The lowest BCUT2D eigenvalue weighted by Gasteiger charge is -2.13. The van der Waals surface area contributed by atoms with Crippen LogP contribution in [0.2, 0.25) is 0 Å². The Morgan fingerprint density at radius 2 is 2.00 bits per heavy atom. The fraction of sp³-hybridized carbons (Fsp3) is 0.412. The molecule has 0 aliphatic heterocycles. The second-order valence-corrected chi connectivity index (χ2v) is 7.31. The van der Waals surface area contributed by atoms with Gasteiger partial charge in [-0.05, 0) is 30.5 Å². The molecule has 0 radical (unpaired) electrons. The summed E-state index contributed by atoms with van der Waals surface area (Å²) >= 11 is 1.32. The summed E-state index contributed by atoms with van der Waals surface area (Å²) in [6.45, 7) is 0. The summed E-state index contributed by atoms with van der Waals surface area (Å²) in [7, 11) is 0. The van der Waals surface area contributed by atoms with Crippen LogP contribution in [-0.2, 0) is 17.4 Å². The zero-order valence-electron chi connectivity index (χ0n) is 13.3. The molecular weight excluding hydrogens is 351 g/mol. The number of hydrogen-bond donors (Lipinski definition) is 2. The molecule has 4 nitrogen and oxygen atoms in total. The maximum absolute atomic E-state index is 12.6. The molecule has 0 unspecified atom stereocenters. The van der Waals surface area contributed by atoms with Gasteiger partial charge in [-0.2, -0.15) is 13.2 Å². The lowest BCUT2D eigenvalue weighted by atomic mass is 10.0. The molecule has 25 heavy (non-hydrogen) atoms. The molecule has 1 heterocycles. The van der Waals surface area contributed by atoms with Gasteiger partial charge in [-0.1, -0.05) is 18.6 Å². The molecule has 8 heteroatoms. The topological polar surface area (TPSA) is 68.0 Å². The predicted octanol–water partition coefficient (Wildman–Crippen LogP) is 3.82. The number of aromatic nitrogens is 1. The number of thiazole rings is 1. The minimum atomic E-state index is -4.33. The molecule has 0 bridgehead atoms. The van der Waals surface area contributed by atoms with E-state index in [0.29, 0.717) is 11.6 Å². The van der Waals surface area contributed by atoms with Gasteiger partial charge in [0, 0.05) is 23.5 Å². The Morgan fingerprint density at radius 3 is 2.60 bits per heavy atom. The first-order chi connectivity index (χ1) is 11.8. The number of carbonyl (C=O) groups excluding carboxylic acids is 1. The van der Waals surface area contributed by atoms with Crippen LogP contribution in [0.5, 0.6) is 0 Å². The number of nitrogens with one attached hydrogen (secondary N) is 1. The van der Waals surface area contributed by atoms with Crippen molar-refractivity contribution in [2.24, 2.45) is 11.7 Å². The highest BCUT2D eigenvalue weighted by molar-refractivity contribution is 7.15. The molecule has 0 saturated heterocycles. The maximum Gasteiger partial charge on any atom is 0.416 e. The second kappa shape index (κ2) is 7.13. The van der Waals surface area contributed by atoms with Crippen LogP contribution in [0.15, 0.2) is 30.5 Å². The summed E-state index contributed by atoms with van der Waals surface area (Å²) in [5, 5.41) is 3.28. The quantitative estimate of drug-likeness (QED) is 0.861. The highest BCUT2D eigenvalue weighted by Gasteiger charge is 2.31. The third-order valence-corrected chi connectivity index (χ3v) is 5.26. The number of benzene rings is 1. The minimum absolute atomic E-state index is 0.105. The Kier molecular flexibility index (Phi) is 5.10. The molecule has 2 aromatic rings. The number of nitrogens with two attached hydrogens (primary N) is 1. The Morgan fingerprint density at radius 1 is 1.28 bits per heavy atom. The van der Waals surface area contributed by atoms with E-state index in [4.69, 9.17) is 5.73 Å². The molecular formula is C17H18F3N3OS. The zero-order chi connectivity index (χ0) is 18.0. The van der Waals surface area contributed by atoms with Gasteiger partial charge in [-0.15, -0.1) is 11.3 Å². The van der Waals surface area contributed by atoms with E-state index in [1.54, 1.807) is 6.20 Å². The molecule has 1 aromatic carbocycles. The van der Waals surface area contributed by atoms with Gasteiger partial charge in [-0.3, -0.25) is 4.79 Å². The first-order valence-corrected chi connectivity index (χ1v) is 8.82. The summed E-state index contributed by atoms with van der Waals surface area (Å²) in [6.07, 6.45) is 0.366. The van der Waals surface area contributed by atoms with Crippen molar-refractivity contribution in [2.45, 2.75) is 37.9 Å². The summed E-state index contributed by atoms with van der Waals surface area (Å²) in [5.41, 5.74) is 6.02. The highest BCUT2D eigenvalue weighted by Crippen LogP contribution is 2.30. The molecule has 0 spiro atoms. The molecule has 1 aliphatic carbocycles. The van der Waals surface area contributed by atoms with Crippen LogP contribution >= 0.6 is 11.3 Å². The Hall–Kier alpha value is -1.93. The number of carbonyl (C=O) groups is 1. The standard InChI is InChI=1S/C17H18F3N3OS/c18-17(19,20)11-6-4-10(5-7-11)8-12-9-22-16(25-12)23-15(24)13-2-1-3-14(13)21/h4-7,9,13-14H,1-3,8,21H2,(H,22,23,24)/t13-,14+/m0/s1. The van der Waals surface area contributed by atoms with Crippen molar-refractivity contribution < 1.29 is 18.0 Å². The Bertz CT molecular complexity index is 742. The molecule has 134 valence electrons. The maximum atomic E-state index is 12.6. The Labute approximate surface area is 147 Å². The molecule has 1 amide bonds. The first-order valence-electron chi connectivity index (χ1n) is 8.00. The summed E-state index contributed by atoms with van der Waals surface area (Å²) < 4.78 is 37.7. The third kappa shape index (κ3) is 4.38. The van der Waals surface area contributed by atoms with E-state index in [1.165, 1.54) is 23.5 Å². The van der Waals surface area contributed by atoms with E-state index < -0.39 is 11.7 Å². The molecule has 1 saturated carbocycles. The SMILES string of the molecule is N[C@@H]1CCC[C@@H]1C(=O)Nc1ncc(Cc2ccc(C(F)(F)F)cc2)s1. The van der Waals surface area contributed by atoms with Gasteiger partial charge in [0.15, 0.2) is 5.13 Å². The summed E-state index contributed by atoms with van der Waals surface area (Å²) in [4.78, 5) is 17.2. The van der Waals surface area contributed by atoms with Crippen molar-refractivity contribution in [1.82, 2.24) is 4.98 Å². The average molecular weight is 369 g/mol. The lowest BCUT2D eigenvalue weighted by Crippen LogP contribution is -2.34. The van der Waals surface area contributed by atoms with E-state index in [1.807, 2.05) is 0 Å². The fourth-order valence-corrected chi connectivity index (χ4v) is 3.82. The number of alkyl halides is 3. The number of hydrogen-bond acceptors (Lipinski definition) is 4.